The molecule has 1 saturated heterocycles. The number of hydrogen-bond acceptors (Lipinski definition) is 5. The summed E-state index contributed by atoms with van der Waals surface area (Å²) < 4.78 is 12.7. The summed E-state index contributed by atoms with van der Waals surface area (Å²) in [5, 5.41) is 0. The first-order chi connectivity index (χ1) is 13.9. The van der Waals surface area contributed by atoms with Crippen molar-refractivity contribution in [3.8, 4) is 0 Å². The van der Waals surface area contributed by atoms with E-state index in [2.05, 4.69) is 0 Å². The molecular formula is C22H32N2O5. The Hall–Kier alpha value is -2.15. The Morgan fingerprint density at radius 1 is 1.17 bits per heavy atom. The lowest BCUT2D eigenvalue weighted by Gasteiger charge is -2.25. The first kappa shape index (κ1) is 21.6. The molecule has 2 aliphatic rings. The summed E-state index contributed by atoms with van der Waals surface area (Å²) in [5.41, 5.74) is 2.32. The Labute approximate surface area is 172 Å². The molecule has 0 spiro atoms. The number of carbonyl (C=O) groups excluding carboxylic acids is 3. The second kappa shape index (κ2) is 9.11. The molecule has 0 radical (unpaired) electrons. The molecular weight excluding hydrogens is 372 g/mol. The van der Waals surface area contributed by atoms with Crippen molar-refractivity contribution in [1.29, 1.82) is 0 Å². The molecule has 1 aliphatic carbocycles. The highest BCUT2D eigenvalue weighted by Gasteiger charge is 2.36. The topological polar surface area (TPSA) is 77.8 Å². The van der Waals surface area contributed by atoms with E-state index in [-0.39, 0.29) is 36.9 Å². The second-order valence-electron chi connectivity index (χ2n) is 7.95. The molecule has 1 atom stereocenters. The van der Waals surface area contributed by atoms with Gasteiger partial charge in [0, 0.05) is 36.9 Å². The van der Waals surface area contributed by atoms with Crippen LogP contribution in [-0.4, -0.2) is 59.5 Å². The smallest absolute Gasteiger partial charge is 0.355 e. The zero-order valence-corrected chi connectivity index (χ0v) is 18.0. The van der Waals surface area contributed by atoms with Crippen LogP contribution in [0.3, 0.4) is 0 Å². The molecule has 1 saturated carbocycles. The lowest BCUT2D eigenvalue weighted by molar-refractivity contribution is -0.133. The third kappa shape index (κ3) is 4.55. The maximum Gasteiger partial charge on any atom is 0.355 e. The van der Waals surface area contributed by atoms with Gasteiger partial charge in [-0.05, 0) is 58.9 Å². The summed E-state index contributed by atoms with van der Waals surface area (Å²) in [6, 6.07) is 0. The van der Waals surface area contributed by atoms with Crippen molar-refractivity contribution in [2.24, 2.45) is 5.92 Å². The van der Waals surface area contributed by atoms with Crippen molar-refractivity contribution in [2.75, 3.05) is 26.3 Å². The summed E-state index contributed by atoms with van der Waals surface area (Å²) in [4.78, 5) is 40.2. The summed E-state index contributed by atoms with van der Waals surface area (Å²) in [7, 11) is 0. The van der Waals surface area contributed by atoms with Gasteiger partial charge >= 0.3 is 5.97 Å². The zero-order chi connectivity index (χ0) is 21.1. The van der Waals surface area contributed by atoms with E-state index >= 15 is 0 Å². The summed E-state index contributed by atoms with van der Waals surface area (Å²) >= 11 is 0. The van der Waals surface area contributed by atoms with Gasteiger partial charge in [-0.3, -0.25) is 9.59 Å². The van der Waals surface area contributed by atoms with E-state index < -0.39 is 5.97 Å². The number of carbonyl (C=O) groups is 3. The highest BCUT2D eigenvalue weighted by molar-refractivity contribution is 6.04. The molecule has 7 nitrogen and oxygen atoms in total. The molecule has 1 aromatic rings. The molecule has 0 aromatic carbocycles. The monoisotopic (exact) mass is 404 g/mol. The molecule has 7 heteroatoms. The van der Waals surface area contributed by atoms with Gasteiger partial charge in [0.1, 0.15) is 5.69 Å². The van der Waals surface area contributed by atoms with Gasteiger partial charge in [0.25, 0.3) is 0 Å². The van der Waals surface area contributed by atoms with Gasteiger partial charge in [-0.1, -0.05) is 0 Å². The van der Waals surface area contributed by atoms with E-state index in [0.29, 0.717) is 36.5 Å². The van der Waals surface area contributed by atoms with Crippen LogP contribution in [0, 0.1) is 19.8 Å². The van der Waals surface area contributed by atoms with Crippen molar-refractivity contribution in [3.05, 3.63) is 22.5 Å². The minimum atomic E-state index is -0.417. The molecule has 3 rings (SSSR count). The fourth-order valence-electron chi connectivity index (χ4n) is 4.27. The highest BCUT2D eigenvalue weighted by atomic mass is 16.5. The van der Waals surface area contributed by atoms with E-state index in [9.17, 15) is 14.4 Å². The lowest BCUT2D eigenvalue weighted by atomic mass is 10.0. The fraction of sp³-hybridized carbons (Fsp3) is 0.682. The largest absolute Gasteiger partial charge is 0.461 e. The van der Waals surface area contributed by atoms with E-state index in [1.54, 1.807) is 18.7 Å². The maximum absolute atomic E-state index is 13.3. The Balaban J connectivity index is 1.85. The standard InChI is InChI=1S/C22H32N2O5/c1-5-24-15(4)19(14(3)20(24)22(27)28-6-2)18(25)13-23(21(26)16-9-10-16)12-17-8-7-11-29-17/h16-17H,5-13H2,1-4H3. The van der Waals surface area contributed by atoms with Crippen LogP contribution in [-0.2, 0) is 20.8 Å². The zero-order valence-electron chi connectivity index (χ0n) is 18.0. The van der Waals surface area contributed by atoms with Crippen LogP contribution >= 0.6 is 0 Å². The first-order valence-electron chi connectivity index (χ1n) is 10.7. The Morgan fingerprint density at radius 2 is 1.90 bits per heavy atom. The number of amides is 1. The minimum Gasteiger partial charge on any atom is -0.461 e. The third-order valence-corrected chi connectivity index (χ3v) is 5.85. The molecule has 1 aliphatic heterocycles. The molecule has 0 bridgehead atoms. The Bertz CT molecular complexity index is 788. The average Bonchev–Trinajstić information content (AvgIpc) is 3.34. The van der Waals surface area contributed by atoms with Crippen molar-refractivity contribution < 1.29 is 23.9 Å². The number of ketones is 1. The fourth-order valence-corrected chi connectivity index (χ4v) is 4.27. The van der Waals surface area contributed by atoms with Crippen LogP contribution < -0.4 is 0 Å². The number of nitrogens with zero attached hydrogens (tertiary/aromatic N) is 2. The van der Waals surface area contributed by atoms with Gasteiger partial charge < -0.3 is 18.9 Å². The Kier molecular flexibility index (Phi) is 6.77. The molecule has 1 aromatic heterocycles. The molecule has 1 amide bonds. The molecule has 29 heavy (non-hydrogen) atoms. The summed E-state index contributed by atoms with van der Waals surface area (Å²) in [5.74, 6) is -0.463. The number of aromatic nitrogens is 1. The van der Waals surface area contributed by atoms with Crippen LogP contribution in [0.2, 0.25) is 0 Å². The van der Waals surface area contributed by atoms with Crippen molar-refractivity contribution in [3.63, 3.8) is 0 Å². The maximum atomic E-state index is 13.3. The van der Waals surface area contributed by atoms with Crippen LogP contribution in [0.4, 0.5) is 0 Å². The summed E-state index contributed by atoms with van der Waals surface area (Å²) in [6.45, 7) is 9.36. The predicted molar refractivity (Wildman–Crippen MR) is 108 cm³/mol. The Morgan fingerprint density at radius 3 is 2.45 bits per heavy atom. The van der Waals surface area contributed by atoms with Gasteiger partial charge in [-0.2, -0.15) is 0 Å². The van der Waals surface area contributed by atoms with Crippen LogP contribution in [0.1, 0.15) is 71.6 Å². The van der Waals surface area contributed by atoms with Gasteiger partial charge in [0.2, 0.25) is 5.91 Å². The predicted octanol–water partition coefficient (Wildman–Crippen LogP) is 2.90. The van der Waals surface area contributed by atoms with Gasteiger partial charge in [-0.15, -0.1) is 0 Å². The van der Waals surface area contributed by atoms with E-state index in [1.807, 2.05) is 18.4 Å². The van der Waals surface area contributed by atoms with Crippen molar-refractivity contribution >= 4 is 17.7 Å². The lowest BCUT2D eigenvalue weighted by Crippen LogP contribution is -2.41. The van der Waals surface area contributed by atoms with Gasteiger partial charge in [0.05, 0.1) is 19.3 Å². The van der Waals surface area contributed by atoms with Crippen LogP contribution in [0.15, 0.2) is 0 Å². The SMILES string of the molecule is CCOC(=O)c1c(C)c(C(=O)CN(CC2CCCO2)C(=O)C2CC2)c(C)n1CC. The third-order valence-electron chi connectivity index (χ3n) is 5.85. The second-order valence-corrected chi connectivity index (χ2v) is 7.95. The van der Waals surface area contributed by atoms with Gasteiger partial charge in [0.15, 0.2) is 5.78 Å². The van der Waals surface area contributed by atoms with Gasteiger partial charge in [-0.25, -0.2) is 4.79 Å². The molecule has 0 N–H and O–H groups in total. The number of Topliss-reactive ketones (excluding diaryl/α,β-unsaturated/α-hetero) is 1. The summed E-state index contributed by atoms with van der Waals surface area (Å²) in [6.07, 6.45) is 3.70. The minimum absolute atomic E-state index is 0.00280. The molecule has 1 unspecified atom stereocenters. The van der Waals surface area contributed by atoms with Crippen LogP contribution in [0.5, 0.6) is 0 Å². The van der Waals surface area contributed by atoms with E-state index in [1.165, 1.54) is 0 Å². The normalized spacial score (nSPS) is 18.7. The highest BCUT2D eigenvalue weighted by Crippen LogP contribution is 2.32. The number of esters is 1. The van der Waals surface area contributed by atoms with E-state index in [0.717, 1.165) is 31.4 Å². The number of rotatable bonds is 9. The molecule has 160 valence electrons. The van der Waals surface area contributed by atoms with E-state index in [4.69, 9.17) is 9.47 Å². The average molecular weight is 405 g/mol. The number of hydrogen-bond donors (Lipinski definition) is 0. The van der Waals surface area contributed by atoms with Crippen LogP contribution in [0.25, 0.3) is 0 Å². The van der Waals surface area contributed by atoms with Crippen molar-refractivity contribution in [1.82, 2.24) is 9.47 Å². The molecule has 2 fully saturated rings. The van der Waals surface area contributed by atoms with Crippen molar-refractivity contribution in [2.45, 2.75) is 66.0 Å². The first-order valence-corrected chi connectivity index (χ1v) is 10.7. The molecule has 2 heterocycles. The quantitative estimate of drug-likeness (QED) is 0.467. The number of ether oxygens (including phenoxy) is 2.